The van der Waals surface area contributed by atoms with Gasteiger partial charge in [0, 0.05) is 30.0 Å². The number of nitrogens with one attached hydrogen (secondary N) is 1. The first kappa shape index (κ1) is 19.8. The van der Waals surface area contributed by atoms with Crippen LogP contribution >= 0.6 is 0 Å². The molecule has 1 aliphatic heterocycles. The van der Waals surface area contributed by atoms with Crippen LogP contribution in [0.3, 0.4) is 0 Å². The van der Waals surface area contributed by atoms with Crippen LogP contribution in [0.5, 0.6) is 0 Å². The summed E-state index contributed by atoms with van der Waals surface area (Å²) in [6, 6.07) is 14.9. The number of amides is 1. The van der Waals surface area contributed by atoms with E-state index in [1.807, 2.05) is 18.2 Å². The molecule has 30 heavy (non-hydrogen) atoms. The van der Waals surface area contributed by atoms with Gasteiger partial charge in [-0.15, -0.1) is 0 Å². The summed E-state index contributed by atoms with van der Waals surface area (Å²) in [6.45, 7) is 0.980. The fraction of sp³-hybridized carbons (Fsp3) is 0.182. The Labute approximate surface area is 171 Å². The lowest BCUT2D eigenvalue weighted by Crippen LogP contribution is -2.36. The summed E-state index contributed by atoms with van der Waals surface area (Å²) in [4.78, 5) is 18.1. The number of carbonyl (C=O) groups excluding carboxylic acids is 1. The first-order valence-corrected chi connectivity index (χ1v) is 9.37. The second kappa shape index (κ2) is 7.70. The Balaban J connectivity index is 1.52. The van der Waals surface area contributed by atoms with Gasteiger partial charge >= 0.3 is 6.18 Å². The van der Waals surface area contributed by atoms with Crippen LogP contribution in [-0.2, 0) is 19.1 Å². The van der Waals surface area contributed by atoms with Gasteiger partial charge in [-0.3, -0.25) is 4.79 Å². The van der Waals surface area contributed by atoms with Gasteiger partial charge in [0.1, 0.15) is 5.69 Å². The van der Waals surface area contributed by atoms with Gasteiger partial charge < -0.3 is 16.0 Å². The van der Waals surface area contributed by atoms with E-state index in [1.165, 1.54) is 12.3 Å². The minimum Gasteiger partial charge on any atom is -0.399 e. The molecule has 0 atom stereocenters. The molecule has 0 saturated carbocycles. The second-order valence-corrected chi connectivity index (χ2v) is 7.10. The van der Waals surface area contributed by atoms with Gasteiger partial charge in [0.2, 0.25) is 0 Å². The zero-order valence-corrected chi connectivity index (χ0v) is 15.9. The standard InChI is InChI=1S/C22H19F3N4O/c23-22(24,25)20-8-7-17(12-27-20)28-19-6-2-4-15-13-29(10-9-18(15)19)21(30)14-3-1-5-16(26)11-14/h1-8,11-12,28H,9-10,13,26H2. The molecule has 1 aromatic heterocycles. The molecule has 3 aromatic rings. The van der Waals surface area contributed by atoms with Crippen LogP contribution in [0.15, 0.2) is 60.8 Å². The molecule has 0 spiro atoms. The molecular weight excluding hydrogens is 393 g/mol. The van der Waals surface area contributed by atoms with E-state index in [0.717, 1.165) is 22.9 Å². The van der Waals surface area contributed by atoms with Crippen molar-refractivity contribution < 1.29 is 18.0 Å². The molecule has 1 aliphatic rings. The van der Waals surface area contributed by atoms with Crippen molar-refractivity contribution in [3.8, 4) is 0 Å². The van der Waals surface area contributed by atoms with Crippen LogP contribution in [-0.4, -0.2) is 22.3 Å². The molecule has 0 saturated heterocycles. The number of halogens is 3. The van der Waals surface area contributed by atoms with Crippen molar-refractivity contribution in [3.63, 3.8) is 0 Å². The van der Waals surface area contributed by atoms with Gasteiger partial charge in [0.05, 0.1) is 11.9 Å². The molecule has 154 valence electrons. The van der Waals surface area contributed by atoms with Crippen LogP contribution in [0.4, 0.5) is 30.2 Å². The van der Waals surface area contributed by atoms with Gasteiger partial charge in [-0.1, -0.05) is 18.2 Å². The Kier molecular flexibility index (Phi) is 5.07. The molecule has 0 unspecified atom stereocenters. The lowest BCUT2D eigenvalue weighted by atomic mass is 9.97. The lowest BCUT2D eigenvalue weighted by Gasteiger charge is -2.30. The molecular formula is C22H19F3N4O. The Bertz CT molecular complexity index is 1080. The topological polar surface area (TPSA) is 71.2 Å². The zero-order valence-electron chi connectivity index (χ0n) is 15.9. The number of nitrogen functional groups attached to an aromatic ring is 1. The second-order valence-electron chi connectivity index (χ2n) is 7.10. The number of benzene rings is 2. The third-order valence-corrected chi connectivity index (χ3v) is 5.02. The van der Waals surface area contributed by atoms with E-state index in [1.54, 1.807) is 29.2 Å². The molecule has 3 N–H and O–H groups in total. The maximum Gasteiger partial charge on any atom is 0.433 e. The summed E-state index contributed by atoms with van der Waals surface area (Å²) in [7, 11) is 0. The van der Waals surface area contributed by atoms with E-state index >= 15 is 0 Å². The minimum atomic E-state index is -4.47. The lowest BCUT2D eigenvalue weighted by molar-refractivity contribution is -0.141. The Morgan fingerprint density at radius 3 is 2.60 bits per heavy atom. The van der Waals surface area contributed by atoms with E-state index in [0.29, 0.717) is 36.4 Å². The van der Waals surface area contributed by atoms with Gasteiger partial charge in [0.15, 0.2) is 0 Å². The number of hydrogen-bond donors (Lipinski definition) is 2. The fourth-order valence-corrected chi connectivity index (χ4v) is 3.55. The summed E-state index contributed by atoms with van der Waals surface area (Å²) < 4.78 is 38.1. The molecule has 0 radical (unpaired) electrons. The normalized spacial score (nSPS) is 13.6. The highest BCUT2D eigenvalue weighted by Gasteiger charge is 2.32. The zero-order chi connectivity index (χ0) is 21.3. The number of rotatable bonds is 3. The smallest absolute Gasteiger partial charge is 0.399 e. The molecule has 5 nitrogen and oxygen atoms in total. The summed E-state index contributed by atoms with van der Waals surface area (Å²) >= 11 is 0. The van der Waals surface area contributed by atoms with Crippen LogP contribution in [0, 0.1) is 0 Å². The number of carbonyl (C=O) groups is 1. The number of pyridine rings is 1. The average molecular weight is 412 g/mol. The third-order valence-electron chi connectivity index (χ3n) is 5.02. The van der Waals surface area contributed by atoms with E-state index in [2.05, 4.69) is 10.3 Å². The van der Waals surface area contributed by atoms with Crippen molar-refractivity contribution in [1.82, 2.24) is 9.88 Å². The predicted octanol–water partition coefficient (Wildman–Crippen LogP) is 4.62. The van der Waals surface area contributed by atoms with Crippen LogP contribution < -0.4 is 11.1 Å². The number of nitrogens with zero attached hydrogens (tertiary/aromatic N) is 2. The number of hydrogen-bond acceptors (Lipinski definition) is 4. The minimum absolute atomic E-state index is 0.0850. The molecule has 2 aromatic carbocycles. The maximum absolute atomic E-state index is 12.8. The van der Waals surface area contributed by atoms with Gasteiger partial charge in [-0.25, -0.2) is 4.98 Å². The van der Waals surface area contributed by atoms with Gasteiger partial charge in [0.25, 0.3) is 5.91 Å². The van der Waals surface area contributed by atoms with Crippen molar-refractivity contribution in [2.24, 2.45) is 0 Å². The number of fused-ring (bicyclic) bond motifs is 1. The Morgan fingerprint density at radius 1 is 1.10 bits per heavy atom. The molecule has 8 heteroatoms. The first-order chi connectivity index (χ1) is 14.3. The number of nitrogens with two attached hydrogens (primary N) is 1. The van der Waals surface area contributed by atoms with Gasteiger partial charge in [-0.2, -0.15) is 13.2 Å². The monoisotopic (exact) mass is 412 g/mol. The predicted molar refractivity (Wildman–Crippen MR) is 108 cm³/mol. The average Bonchev–Trinajstić information content (AvgIpc) is 2.73. The quantitative estimate of drug-likeness (QED) is 0.616. The highest BCUT2D eigenvalue weighted by Crippen LogP contribution is 2.31. The summed E-state index contributed by atoms with van der Waals surface area (Å²) in [5.41, 5.74) is 9.22. The van der Waals surface area contributed by atoms with E-state index < -0.39 is 11.9 Å². The van der Waals surface area contributed by atoms with Crippen LogP contribution in [0.1, 0.15) is 27.2 Å². The van der Waals surface area contributed by atoms with E-state index in [9.17, 15) is 18.0 Å². The number of aromatic nitrogens is 1. The number of alkyl halides is 3. The Morgan fingerprint density at radius 2 is 1.90 bits per heavy atom. The molecule has 0 aliphatic carbocycles. The van der Waals surface area contributed by atoms with Gasteiger partial charge in [-0.05, 0) is 53.9 Å². The highest BCUT2D eigenvalue weighted by atomic mass is 19.4. The highest BCUT2D eigenvalue weighted by molar-refractivity contribution is 5.95. The molecule has 4 rings (SSSR count). The van der Waals surface area contributed by atoms with E-state index in [4.69, 9.17) is 5.73 Å². The number of anilines is 3. The summed E-state index contributed by atoms with van der Waals surface area (Å²) in [5, 5.41) is 3.14. The molecule has 0 bridgehead atoms. The maximum atomic E-state index is 12.8. The Hall–Kier alpha value is -3.55. The molecule has 1 amide bonds. The van der Waals surface area contributed by atoms with Crippen molar-refractivity contribution >= 4 is 23.0 Å². The van der Waals surface area contributed by atoms with E-state index in [-0.39, 0.29) is 5.91 Å². The SMILES string of the molecule is Nc1cccc(C(=O)N2CCc3c(cccc3Nc3ccc(C(F)(F)F)nc3)C2)c1. The third kappa shape index (κ3) is 4.07. The summed E-state index contributed by atoms with van der Waals surface area (Å²) in [5.74, 6) is -0.0850. The molecule has 0 fully saturated rings. The largest absolute Gasteiger partial charge is 0.433 e. The van der Waals surface area contributed by atoms with Crippen molar-refractivity contribution in [2.45, 2.75) is 19.1 Å². The van der Waals surface area contributed by atoms with Crippen molar-refractivity contribution in [2.75, 3.05) is 17.6 Å². The summed E-state index contributed by atoms with van der Waals surface area (Å²) in [6.07, 6.45) is -2.68. The van der Waals surface area contributed by atoms with Crippen molar-refractivity contribution in [1.29, 1.82) is 0 Å². The van der Waals surface area contributed by atoms with Crippen LogP contribution in [0.2, 0.25) is 0 Å². The first-order valence-electron chi connectivity index (χ1n) is 9.37. The van der Waals surface area contributed by atoms with Crippen molar-refractivity contribution in [3.05, 3.63) is 83.2 Å². The fourth-order valence-electron chi connectivity index (χ4n) is 3.55. The van der Waals surface area contributed by atoms with Crippen LogP contribution in [0.25, 0.3) is 0 Å². The molecule has 2 heterocycles.